The molecule has 0 saturated heterocycles. The van der Waals surface area contributed by atoms with Crippen LogP contribution in [0.1, 0.15) is 28.4 Å². The first-order valence-electron chi connectivity index (χ1n) is 9.59. The van der Waals surface area contributed by atoms with E-state index in [-0.39, 0.29) is 6.04 Å². The number of benzene rings is 2. The number of anilines is 1. The van der Waals surface area contributed by atoms with Crippen LogP contribution in [-0.4, -0.2) is 24.2 Å². The summed E-state index contributed by atoms with van der Waals surface area (Å²) < 4.78 is 11.0. The number of nitrogens with one attached hydrogen (secondary N) is 2. The van der Waals surface area contributed by atoms with Gasteiger partial charge in [-0.15, -0.1) is 0 Å². The Morgan fingerprint density at radius 1 is 0.931 bits per heavy atom. The van der Waals surface area contributed by atoms with Crippen LogP contribution in [0.3, 0.4) is 0 Å². The van der Waals surface area contributed by atoms with Gasteiger partial charge in [-0.05, 0) is 55.3 Å². The Morgan fingerprint density at radius 2 is 1.72 bits per heavy atom. The summed E-state index contributed by atoms with van der Waals surface area (Å²) in [6, 6.07) is 18.3. The van der Waals surface area contributed by atoms with Gasteiger partial charge >= 0.3 is 0 Å². The van der Waals surface area contributed by atoms with E-state index < -0.39 is 0 Å². The van der Waals surface area contributed by atoms with Gasteiger partial charge in [0.25, 0.3) is 0 Å². The average Bonchev–Trinajstić information content (AvgIpc) is 3.07. The number of methoxy groups -OCH3 is 2. The van der Waals surface area contributed by atoms with Crippen molar-refractivity contribution in [3.63, 3.8) is 0 Å². The molecule has 2 N–H and O–H groups in total. The van der Waals surface area contributed by atoms with E-state index in [1.54, 1.807) is 14.2 Å². The first-order chi connectivity index (χ1) is 14.1. The minimum atomic E-state index is -0.111. The number of ether oxygens (including phenoxy) is 2. The third-order valence-corrected chi connectivity index (χ3v) is 5.18. The Morgan fingerprint density at radius 3 is 2.48 bits per heavy atom. The molecule has 1 atom stereocenters. The van der Waals surface area contributed by atoms with E-state index >= 15 is 0 Å². The van der Waals surface area contributed by atoms with E-state index in [1.165, 1.54) is 10.9 Å². The summed E-state index contributed by atoms with van der Waals surface area (Å²) in [4.78, 5) is 8.03. The number of aromatic nitrogens is 2. The highest BCUT2D eigenvalue weighted by Crippen LogP contribution is 2.37. The molecule has 0 saturated carbocycles. The molecule has 0 radical (unpaired) electrons. The zero-order valence-electron chi connectivity index (χ0n) is 17.1. The zero-order valence-corrected chi connectivity index (χ0v) is 17.1. The maximum atomic E-state index is 5.56. The fourth-order valence-electron chi connectivity index (χ4n) is 3.79. The third kappa shape index (κ3) is 3.63. The van der Waals surface area contributed by atoms with Crippen molar-refractivity contribution in [2.24, 2.45) is 0 Å². The van der Waals surface area contributed by atoms with Crippen LogP contribution in [0.15, 0.2) is 60.8 Å². The summed E-state index contributed by atoms with van der Waals surface area (Å²) in [5, 5.41) is 4.82. The molecule has 2 aromatic heterocycles. The fraction of sp³-hybridized carbons (Fsp3) is 0.208. The Bertz CT molecular complexity index is 1150. The van der Waals surface area contributed by atoms with Crippen molar-refractivity contribution in [1.29, 1.82) is 0 Å². The van der Waals surface area contributed by atoms with Crippen LogP contribution in [0.25, 0.3) is 10.9 Å². The van der Waals surface area contributed by atoms with Crippen molar-refractivity contribution in [2.45, 2.75) is 19.9 Å². The third-order valence-electron chi connectivity index (χ3n) is 5.18. The summed E-state index contributed by atoms with van der Waals surface area (Å²) >= 11 is 0. The van der Waals surface area contributed by atoms with Crippen LogP contribution >= 0.6 is 0 Å². The fourth-order valence-corrected chi connectivity index (χ4v) is 3.79. The quantitative estimate of drug-likeness (QED) is 0.465. The predicted octanol–water partition coefficient (Wildman–Crippen LogP) is 5.40. The lowest BCUT2D eigenvalue weighted by molar-refractivity contribution is 0.354. The molecule has 0 unspecified atom stereocenters. The first-order valence-corrected chi connectivity index (χ1v) is 9.59. The zero-order chi connectivity index (χ0) is 20.4. The van der Waals surface area contributed by atoms with Crippen molar-refractivity contribution in [3.05, 3.63) is 83.2 Å². The van der Waals surface area contributed by atoms with Gasteiger partial charge in [0.1, 0.15) is 5.82 Å². The molecule has 0 amide bonds. The molecule has 4 rings (SSSR count). The van der Waals surface area contributed by atoms with Crippen LogP contribution in [0.4, 0.5) is 5.82 Å². The van der Waals surface area contributed by atoms with Gasteiger partial charge in [0.2, 0.25) is 0 Å². The number of aromatic amines is 1. The van der Waals surface area contributed by atoms with Crippen LogP contribution in [0.2, 0.25) is 0 Å². The average molecular weight is 387 g/mol. The van der Waals surface area contributed by atoms with Crippen LogP contribution in [-0.2, 0) is 0 Å². The van der Waals surface area contributed by atoms with E-state index in [0.29, 0.717) is 11.5 Å². The molecule has 29 heavy (non-hydrogen) atoms. The number of para-hydroxylation sites is 1. The monoisotopic (exact) mass is 387 g/mol. The number of hydrogen-bond acceptors (Lipinski definition) is 4. The van der Waals surface area contributed by atoms with Crippen molar-refractivity contribution in [3.8, 4) is 11.5 Å². The van der Waals surface area contributed by atoms with Crippen LogP contribution < -0.4 is 14.8 Å². The molecule has 148 valence electrons. The summed E-state index contributed by atoms with van der Waals surface area (Å²) in [5.41, 5.74) is 5.65. The lowest BCUT2D eigenvalue weighted by Crippen LogP contribution is -2.14. The molecular formula is C24H25N3O2. The highest BCUT2D eigenvalue weighted by molar-refractivity contribution is 5.86. The molecule has 4 aromatic rings. The number of hydrogen-bond donors (Lipinski definition) is 2. The predicted molar refractivity (Wildman–Crippen MR) is 117 cm³/mol. The standard InChI is InChI=1S/C24H25N3O2/c1-15-11-12-25-22(13-15)27-24(17-9-10-20(28-3)21(14-17)29-4)23-16(2)26-19-8-6-5-7-18(19)23/h5-14,24,26H,1-4H3,(H,25,27)/t24-/m0/s1. The number of nitrogens with zero attached hydrogens (tertiary/aromatic N) is 1. The summed E-state index contributed by atoms with van der Waals surface area (Å²) in [5.74, 6) is 2.24. The highest BCUT2D eigenvalue weighted by Gasteiger charge is 2.22. The topological polar surface area (TPSA) is 59.2 Å². The second-order valence-electron chi connectivity index (χ2n) is 7.12. The maximum Gasteiger partial charge on any atom is 0.161 e. The van der Waals surface area contributed by atoms with Gasteiger partial charge in [-0.2, -0.15) is 0 Å². The van der Waals surface area contributed by atoms with Gasteiger partial charge in [-0.1, -0.05) is 24.3 Å². The normalized spacial score (nSPS) is 12.0. The van der Waals surface area contributed by atoms with E-state index in [0.717, 1.165) is 28.2 Å². The Kier molecular flexibility index (Phi) is 5.12. The first kappa shape index (κ1) is 18.9. The SMILES string of the molecule is COc1ccc([C@H](Nc2cc(C)ccn2)c2c(C)[nH]c3ccccc23)cc1OC. The Hall–Kier alpha value is -3.47. The van der Waals surface area contributed by atoms with Gasteiger partial charge in [-0.3, -0.25) is 0 Å². The molecule has 0 aliphatic heterocycles. The number of fused-ring (bicyclic) bond motifs is 1. The molecule has 0 aliphatic carbocycles. The van der Waals surface area contributed by atoms with Gasteiger partial charge in [-0.25, -0.2) is 4.98 Å². The van der Waals surface area contributed by atoms with Gasteiger partial charge in [0.05, 0.1) is 20.3 Å². The minimum absolute atomic E-state index is 0.111. The number of H-pyrrole nitrogens is 1. The summed E-state index contributed by atoms with van der Waals surface area (Å²) in [6.07, 6.45) is 1.82. The molecule has 5 nitrogen and oxygen atoms in total. The second kappa shape index (κ2) is 7.87. The molecule has 2 aromatic carbocycles. The summed E-state index contributed by atoms with van der Waals surface area (Å²) in [6.45, 7) is 4.17. The number of aryl methyl sites for hydroxylation is 2. The van der Waals surface area contributed by atoms with Crippen molar-refractivity contribution in [2.75, 3.05) is 19.5 Å². The van der Waals surface area contributed by atoms with Crippen LogP contribution in [0.5, 0.6) is 11.5 Å². The van der Waals surface area contributed by atoms with E-state index in [4.69, 9.17) is 9.47 Å². The van der Waals surface area contributed by atoms with Crippen molar-refractivity contribution in [1.82, 2.24) is 9.97 Å². The molecule has 0 fully saturated rings. The molecule has 0 aliphatic rings. The van der Waals surface area contributed by atoms with Crippen molar-refractivity contribution < 1.29 is 9.47 Å². The Balaban J connectivity index is 1.89. The van der Waals surface area contributed by atoms with Crippen LogP contribution in [0, 0.1) is 13.8 Å². The number of rotatable bonds is 6. The van der Waals surface area contributed by atoms with E-state index in [1.807, 2.05) is 30.5 Å². The summed E-state index contributed by atoms with van der Waals surface area (Å²) in [7, 11) is 3.30. The molecular weight excluding hydrogens is 362 g/mol. The Labute approximate surface area is 170 Å². The van der Waals surface area contributed by atoms with Crippen molar-refractivity contribution >= 4 is 16.7 Å². The smallest absolute Gasteiger partial charge is 0.161 e. The number of pyridine rings is 1. The van der Waals surface area contributed by atoms with Gasteiger partial charge < -0.3 is 19.8 Å². The lowest BCUT2D eigenvalue weighted by atomic mass is 9.95. The highest BCUT2D eigenvalue weighted by atomic mass is 16.5. The van der Waals surface area contributed by atoms with Gasteiger partial charge in [0.15, 0.2) is 11.5 Å². The maximum absolute atomic E-state index is 5.56. The van der Waals surface area contributed by atoms with E-state index in [2.05, 4.69) is 59.5 Å². The minimum Gasteiger partial charge on any atom is -0.493 e. The second-order valence-corrected chi connectivity index (χ2v) is 7.12. The lowest BCUT2D eigenvalue weighted by Gasteiger charge is -2.22. The molecule has 5 heteroatoms. The largest absolute Gasteiger partial charge is 0.493 e. The van der Waals surface area contributed by atoms with Gasteiger partial charge in [0, 0.05) is 28.4 Å². The molecule has 0 bridgehead atoms. The van der Waals surface area contributed by atoms with E-state index in [9.17, 15) is 0 Å². The molecule has 2 heterocycles. The molecule has 0 spiro atoms.